The molecule has 2 rings (SSSR count). The van der Waals surface area contributed by atoms with Crippen LogP contribution >= 0.6 is 23.1 Å². The molecule has 0 saturated carbocycles. The van der Waals surface area contributed by atoms with E-state index in [1.807, 2.05) is 18.2 Å². The Bertz CT molecular complexity index is 516. The standard InChI is InChI=1S/C13H16ClNOS/c1-13(2,3)6-7-16-12-10-8-9(14)4-5-11(10)17-15-12/h4-5,8H,6-7H2,1-3H3. The van der Waals surface area contributed by atoms with Crippen LogP contribution in [0.5, 0.6) is 5.88 Å². The fourth-order valence-electron chi connectivity index (χ4n) is 1.45. The molecule has 0 aliphatic heterocycles. The van der Waals surface area contributed by atoms with Crippen LogP contribution in [0.3, 0.4) is 0 Å². The summed E-state index contributed by atoms with van der Waals surface area (Å²) < 4.78 is 11.2. The van der Waals surface area contributed by atoms with Gasteiger partial charge in [0.1, 0.15) is 0 Å². The molecule has 92 valence electrons. The van der Waals surface area contributed by atoms with Crippen molar-refractivity contribution in [1.82, 2.24) is 4.37 Å². The van der Waals surface area contributed by atoms with E-state index in [-0.39, 0.29) is 5.41 Å². The topological polar surface area (TPSA) is 22.1 Å². The van der Waals surface area contributed by atoms with E-state index in [9.17, 15) is 0 Å². The van der Waals surface area contributed by atoms with Crippen LogP contribution in [-0.4, -0.2) is 11.0 Å². The highest BCUT2D eigenvalue weighted by atomic mass is 35.5. The second-order valence-electron chi connectivity index (χ2n) is 5.29. The SMILES string of the molecule is CC(C)(C)CCOc1nsc2ccc(Cl)cc12. The van der Waals surface area contributed by atoms with E-state index in [4.69, 9.17) is 16.3 Å². The molecule has 0 fully saturated rings. The highest BCUT2D eigenvalue weighted by Gasteiger charge is 2.12. The van der Waals surface area contributed by atoms with Crippen LogP contribution in [0.1, 0.15) is 27.2 Å². The van der Waals surface area contributed by atoms with E-state index < -0.39 is 0 Å². The lowest BCUT2D eigenvalue weighted by Gasteiger charge is -2.17. The summed E-state index contributed by atoms with van der Waals surface area (Å²) >= 11 is 7.42. The van der Waals surface area contributed by atoms with Gasteiger partial charge in [0.05, 0.1) is 16.7 Å². The van der Waals surface area contributed by atoms with Gasteiger partial charge in [-0.25, -0.2) is 0 Å². The maximum absolute atomic E-state index is 5.98. The molecule has 0 aliphatic rings. The van der Waals surface area contributed by atoms with Crippen molar-refractivity contribution in [2.24, 2.45) is 5.41 Å². The van der Waals surface area contributed by atoms with Crippen LogP contribution < -0.4 is 4.74 Å². The molecule has 0 spiro atoms. The minimum Gasteiger partial charge on any atom is -0.477 e. The zero-order valence-corrected chi connectivity index (χ0v) is 11.9. The van der Waals surface area contributed by atoms with Gasteiger partial charge in [-0.1, -0.05) is 32.4 Å². The molecule has 0 amide bonds. The number of rotatable bonds is 3. The van der Waals surface area contributed by atoms with Crippen LogP contribution in [0.15, 0.2) is 18.2 Å². The summed E-state index contributed by atoms with van der Waals surface area (Å²) in [5.41, 5.74) is 0.281. The molecule has 1 heterocycles. The molecule has 4 heteroatoms. The molecule has 1 aromatic carbocycles. The molecular weight excluding hydrogens is 254 g/mol. The maximum Gasteiger partial charge on any atom is 0.233 e. The second-order valence-corrected chi connectivity index (χ2v) is 6.53. The first kappa shape index (κ1) is 12.7. The van der Waals surface area contributed by atoms with E-state index >= 15 is 0 Å². The zero-order valence-electron chi connectivity index (χ0n) is 10.3. The lowest BCUT2D eigenvalue weighted by molar-refractivity contribution is 0.240. The molecule has 2 aromatic rings. The Morgan fingerprint density at radius 1 is 1.35 bits per heavy atom. The Balaban J connectivity index is 2.11. The van der Waals surface area contributed by atoms with Gasteiger partial charge in [0, 0.05) is 5.02 Å². The third-order valence-electron chi connectivity index (χ3n) is 2.49. The Labute approximate surface area is 111 Å². The zero-order chi connectivity index (χ0) is 12.5. The predicted molar refractivity (Wildman–Crippen MR) is 74.2 cm³/mol. The molecular formula is C13H16ClNOS. The Morgan fingerprint density at radius 2 is 2.12 bits per heavy atom. The molecule has 2 nitrogen and oxygen atoms in total. The van der Waals surface area contributed by atoms with Crippen LogP contribution in [0.25, 0.3) is 10.1 Å². The highest BCUT2D eigenvalue weighted by Crippen LogP contribution is 2.31. The first-order valence-electron chi connectivity index (χ1n) is 5.63. The van der Waals surface area contributed by atoms with Crippen molar-refractivity contribution < 1.29 is 4.74 Å². The number of nitrogens with zero attached hydrogens (tertiary/aromatic N) is 1. The predicted octanol–water partition coefficient (Wildman–Crippen LogP) is 4.76. The van der Waals surface area contributed by atoms with E-state index in [1.54, 1.807) is 0 Å². The van der Waals surface area contributed by atoms with E-state index in [0.717, 1.165) is 21.5 Å². The summed E-state index contributed by atoms with van der Waals surface area (Å²) in [6, 6.07) is 5.76. The molecule has 17 heavy (non-hydrogen) atoms. The smallest absolute Gasteiger partial charge is 0.233 e. The van der Waals surface area contributed by atoms with E-state index in [2.05, 4.69) is 25.1 Å². The van der Waals surface area contributed by atoms with Gasteiger partial charge < -0.3 is 4.74 Å². The normalized spacial score (nSPS) is 12.0. The van der Waals surface area contributed by atoms with Gasteiger partial charge in [-0.15, -0.1) is 0 Å². The molecule has 0 atom stereocenters. The van der Waals surface area contributed by atoms with Gasteiger partial charge in [-0.05, 0) is 41.6 Å². The first-order chi connectivity index (χ1) is 7.96. The summed E-state index contributed by atoms with van der Waals surface area (Å²) in [4.78, 5) is 0. The van der Waals surface area contributed by atoms with Crippen molar-refractivity contribution in [3.63, 3.8) is 0 Å². The van der Waals surface area contributed by atoms with Crippen molar-refractivity contribution in [3.8, 4) is 5.88 Å². The Hall–Kier alpha value is -0.800. The van der Waals surface area contributed by atoms with Gasteiger partial charge in [0.25, 0.3) is 0 Å². The number of hydrogen-bond donors (Lipinski definition) is 0. The molecule has 0 N–H and O–H groups in total. The van der Waals surface area contributed by atoms with Crippen molar-refractivity contribution in [2.45, 2.75) is 27.2 Å². The quantitative estimate of drug-likeness (QED) is 0.801. The number of ether oxygens (including phenoxy) is 1. The third kappa shape index (κ3) is 3.33. The lowest BCUT2D eigenvalue weighted by atomic mass is 9.93. The molecule has 0 saturated heterocycles. The minimum atomic E-state index is 0.281. The summed E-state index contributed by atoms with van der Waals surface area (Å²) in [5.74, 6) is 0.705. The van der Waals surface area contributed by atoms with Crippen molar-refractivity contribution in [1.29, 1.82) is 0 Å². The van der Waals surface area contributed by atoms with E-state index in [0.29, 0.717) is 12.5 Å². The summed E-state index contributed by atoms with van der Waals surface area (Å²) in [7, 11) is 0. The van der Waals surface area contributed by atoms with Crippen LogP contribution in [0, 0.1) is 5.41 Å². The fourth-order valence-corrected chi connectivity index (χ4v) is 2.32. The first-order valence-corrected chi connectivity index (χ1v) is 6.79. The fraction of sp³-hybridized carbons (Fsp3) is 0.462. The Kier molecular flexibility index (Phi) is 3.59. The minimum absolute atomic E-state index is 0.281. The summed E-state index contributed by atoms with van der Waals surface area (Å²) in [5, 5.41) is 1.73. The third-order valence-corrected chi connectivity index (χ3v) is 3.53. The number of hydrogen-bond acceptors (Lipinski definition) is 3. The summed E-state index contributed by atoms with van der Waals surface area (Å²) in [6.07, 6.45) is 1.01. The van der Waals surface area contributed by atoms with Crippen molar-refractivity contribution in [2.75, 3.05) is 6.61 Å². The molecule has 1 aromatic heterocycles. The largest absolute Gasteiger partial charge is 0.477 e. The van der Waals surface area contributed by atoms with Crippen molar-refractivity contribution >= 4 is 33.2 Å². The molecule has 0 bridgehead atoms. The average Bonchev–Trinajstić information content (AvgIpc) is 2.59. The average molecular weight is 270 g/mol. The van der Waals surface area contributed by atoms with Gasteiger partial charge in [-0.3, -0.25) is 0 Å². The maximum atomic E-state index is 5.98. The number of aromatic nitrogens is 1. The second kappa shape index (κ2) is 4.83. The van der Waals surface area contributed by atoms with Crippen molar-refractivity contribution in [3.05, 3.63) is 23.2 Å². The monoisotopic (exact) mass is 269 g/mol. The number of halogens is 1. The molecule has 0 unspecified atom stereocenters. The molecule has 0 radical (unpaired) electrons. The van der Waals surface area contributed by atoms with Crippen LogP contribution in [-0.2, 0) is 0 Å². The van der Waals surface area contributed by atoms with Gasteiger partial charge in [-0.2, -0.15) is 4.37 Å². The van der Waals surface area contributed by atoms with Crippen LogP contribution in [0.2, 0.25) is 5.02 Å². The number of fused-ring (bicyclic) bond motifs is 1. The van der Waals surface area contributed by atoms with Gasteiger partial charge in [0.15, 0.2) is 0 Å². The van der Waals surface area contributed by atoms with Gasteiger partial charge >= 0.3 is 0 Å². The summed E-state index contributed by atoms with van der Waals surface area (Å²) in [6.45, 7) is 7.29. The van der Waals surface area contributed by atoms with Crippen LogP contribution in [0.4, 0.5) is 0 Å². The lowest BCUT2D eigenvalue weighted by Crippen LogP contribution is -2.11. The Morgan fingerprint density at radius 3 is 2.82 bits per heavy atom. The number of benzene rings is 1. The highest BCUT2D eigenvalue weighted by molar-refractivity contribution is 7.13. The van der Waals surface area contributed by atoms with Gasteiger partial charge in [0.2, 0.25) is 5.88 Å². The van der Waals surface area contributed by atoms with E-state index in [1.165, 1.54) is 11.5 Å². The molecule has 0 aliphatic carbocycles.